The third-order valence-corrected chi connectivity index (χ3v) is 3.01. The van der Waals surface area contributed by atoms with Crippen LogP contribution in [0.4, 0.5) is 0 Å². The fourth-order valence-corrected chi connectivity index (χ4v) is 2.06. The van der Waals surface area contributed by atoms with Crippen molar-refractivity contribution < 1.29 is 14.6 Å². The number of benzene rings is 1. The molecular formula is C15H20N2O3. The first-order chi connectivity index (χ1) is 9.65. The molecule has 0 spiro atoms. The lowest BCUT2D eigenvalue weighted by Gasteiger charge is -2.23. The largest absolute Gasteiger partial charge is 0.465 e. The van der Waals surface area contributed by atoms with Crippen molar-refractivity contribution in [2.75, 3.05) is 19.8 Å². The minimum absolute atomic E-state index is 0.0661. The second-order valence-electron chi connectivity index (χ2n) is 4.37. The van der Waals surface area contributed by atoms with Crippen molar-refractivity contribution in [2.45, 2.75) is 19.9 Å². The van der Waals surface area contributed by atoms with E-state index in [4.69, 9.17) is 9.84 Å². The molecule has 0 aliphatic heterocycles. The van der Waals surface area contributed by atoms with Crippen LogP contribution in [0.5, 0.6) is 0 Å². The molecule has 0 aromatic heterocycles. The van der Waals surface area contributed by atoms with Crippen LogP contribution in [0.3, 0.4) is 0 Å². The number of hydrogen-bond donors (Lipinski definition) is 2. The van der Waals surface area contributed by atoms with E-state index in [1.54, 1.807) is 6.92 Å². The molecule has 0 amide bonds. The second-order valence-corrected chi connectivity index (χ2v) is 4.37. The molecule has 5 nitrogen and oxygen atoms in total. The van der Waals surface area contributed by atoms with E-state index in [1.807, 2.05) is 37.3 Å². The van der Waals surface area contributed by atoms with Gasteiger partial charge < -0.3 is 15.2 Å². The quantitative estimate of drug-likeness (QED) is 0.734. The number of rotatable bonds is 7. The van der Waals surface area contributed by atoms with Crippen LogP contribution in [-0.2, 0) is 9.53 Å². The van der Waals surface area contributed by atoms with Crippen LogP contribution in [0.25, 0.3) is 0 Å². The molecule has 2 atom stereocenters. The van der Waals surface area contributed by atoms with E-state index in [2.05, 4.69) is 5.32 Å². The Bertz CT molecular complexity index is 482. The molecule has 1 aromatic rings. The fourth-order valence-electron chi connectivity index (χ4n) is 2.06. The van der Waals surface area contributed by atoms with Crippen LogP contribution in [0.2, 0.25) is 0 Å². The van der Waals surface area contributed by atoms with Gasteiger partial charge >= 0.3 is 5.97 Å². The number of carbonyl (C=O) groups is 1. The van der Waals surface area contributed by atoms with Crippen LogP contribution in [0, 0.1) is 24.2 Å². The highest BCUT2D eigenvalue weighted by molar-refractivity contribution is 5.76. The molecule has 1 aromatic carbocycles. The minimum atomic E-state index is -0.942. The van der Waals surface area contributed by atoms with Crippen molar-refractivity contribution in [2.24, 2.45) is 5.92 Å². The Hall–Kier alpha value is -1.90. The van der Waals surface area contributed by atoms with Gasteiger partial charge in [0.1, 0.15) is 0 Å². The van der Waals surface area contributed by atoms with Crippen LogP contribution in [0.1, 0.15) is 24.1 Å². The Morgan fingerprint density at radius 1 is 1.50 bits per heavy atom. The molecule has 1 rings (SSSR count). The Balaban J connectivity index is 3.08. The van der Waals surface area contributed by atoms with E-state index in [9.17, 15) is 10.1 Å². The zero-order valence-electron chi connectivity index (χ0n) is 11.8. The van der Waals surface area contributed by atoms with E-state index in [0.717, 1.165) is 11.1 Å². The highest BCUT2D eigenvalue weighted by atomic mass is 16.5. The molecule has 0 radical (unpaired) electrons. The van der Waals surface area contributed by atoms with E-state index in [-0.39, 0.29) is 13.2 Å². The number of aliphatic hydroxyl groups excluding tert-OH is 1. The third kappa shape index (κ3) is 4.05. The van der Waals surface area contributed by atoms with Gasteiger partial charge in [-0.25, -0.2) is 0 Å². The molecular weight excluding hydrogens is 256 g/mol. The van der Waals surface area contributed by atoms with Crippen molar-refractivity contribution in [1.29, 1.82) is 5.26 Å². The van der Waals surface area contributed by atoms with Crippen molar-refractivity contribution in [3.8, 4) is 6.07 Å². The van der Waals surface area contributed by atoms with Gasteiger partial charge in [0.25, 0.3) is 0 Å². The maximum atomic E-state index is 11.9. The number of nitriles is 1. The Kier molecular flexibility index (Phi) is 6.71. The first-order valence-electron chi connectivity index (χ1n) is 6.61. The number of carbonyl (C=O) groups excluding carboxylic acids is 1. The van der Waals surface area contributed by atoms with E-state index in [1.165, 1.54) is 0 Å². The molecule has 0 bridgehead atoms. The van der Waals surface area contributed by atoms with Crippen LogP contribution in [0.15, 0.2) is 24.3 Å². The molecule has 2 N–H and O–H groups in total. The predicted molar refractivity (Wildman–Crippen MR) is 74.7 cm³/mol. The van der Waals surface area contributed by atoms with Crippen molar-refractivity contribution in [1.82, 2.24) is 5.32 Å². The SMILES string of the molecule is CCOC(=O)C(C#N)C(NCCO)c1ccccc1C. The van der Waals surface area contributed by atoms with Crippen LogP contribution >= 0.6 is 0 Å². The molecule has 0 fully saturated rings. The summed E-state index contributed by atoms with van der Waals surface area (Å²) in [5.41, 5.74) is 1.84. The molecule has 0 aliphatic carbocycles. The summed E-state index contributed by atoms with van der Waals surface area (Å²) in [5, 5.41) is 21.3. The van der Waals surface area contributed by atoms with Gasteiger partial charge in [0.15, 0.2) is 5.92 Å². The van der Waals surface area contributed by atoms with Gasteiger partial charge in [-0.1, -0.05) is 24.3 Å². The number of aryl methyl sites for hydroxylation is 1. The fraction of sp³-hybridized carbons (Fsp3) is 0.467. The van der Waals surface area contributed by atoms with Gasteiger partial charge in [-0.05, 0) is 25.0 Å². The molecule has 0 saturated heterocycles. The zero-order chi connectivity index (χ0) is 15.0. The standard InChI is InChI=1S/C15H20N2O3/c1-3-20-15(19)13(10-16)14(17-8-9-18)12-7-5-4-6-11(12)2/h4-7,13-14,17-18H,3,8-9H2,1-2H3. The Labute approximate surface area is 119 Å². The summed E-state index contributed by atoms with van der Waals surface area (Å²) in [6.45, 7) is 4.09. The van der Waals surface area contributed by atoms with E-state index >= 15 is 0 Å². The number of ether oxygens (including phenoxy) is 1. The van der Waals surface area contributed by atoms with Gasteiger partial charge in [0.05, 0.1) is 25.3 Å². The monoisotopic (exact) mass is 276 g/mol. The third-order valence-electron chi connectivity index (χ3n) is 3.01. The Morgan fingerprint density at radius 2 is 2.20 bits per heavy atom. The number of hydrogen-bond acceptors (Lipinski definition) is 5. The summed E-state index contributed by atoms with van der Waals surface area (Å²) >= 11 is 0. The lowest BCUT2D eigenvalue weighted by Crippen LogP contribution is -2.35. The number of nitrogens with one attached hydrogen (secondary N) is 1. The summed E-state index contributed by atoms with van der Waals surface area (Å²) < 4.78 is 4.95. The van der Waals surface area contributed by atoms with Crippen molar-refractivity contribution in [3.63, 3.8) is 0 Å². The van der Waals surface area contributed by atoms with Crippen LogP contribution in [-0.4, -0.2) is 30.8 Å². The predicted octanol–water partition coefficient (Wildman–Crippen LogP) is 1.32. The summed E-state index contributed by atoms with van der Waals surface area (Å²) in [5.74, 6) is -1.49. The summed E-state index contributed by atoms with van der Waals surface area (Å²) in [6, 6.07) is 9.05. The minimum Gasteiger partial charge on any atom is -0.465 e. The number of nitrogens with zero attached hydrogens (tertiary/aromatic N) is 1. The summed E-state index contributed by atoms with van der Waals surface area (Å²) in [4.78, 5) is 11.9. The first kappa shape index (κ1) is 16.2. The molecule has 0 saturated carbocycles. The second kappa shape index (κ2) is 8.31. The maximum absolute atomic E-state index is 11.9. The topological polar surface area (TPSA) is 82.4 Å². The average Bonchev–Trinajstić information content (AvgIpc) is 2.44. The molecule has 2 unspecified atom stereocenters. The number of esters is 1. The van der Waals surface area contributed by atoms with Gasteiger partial charge in [0.2, 0.25) is 0 Å². The molecule has 108 valence electrons. The zero-order valence-corrected chi connectivity index (χ0v) is 11.8. The lowest BCUT2D eigenvalue weighted by atomic mass is 9.91. The van der Waals surface area contributed by atoms with Gasteiger partial charge in [-0.15, -0.1) is 0 Å². The summed E-state index contributed by atoms with van der Waals surface area (Å²) in [7, 11) is 0. The molecule has 0 aliphatic rings. The van der Waals surface area contributed by atoms with Gasteiger partial charge in [-0.3, -0.25) is 4.79 Å². The van der Waals surface area contributed by atoms with Gasteiger partial charge in [-0.2, -0.15) is 5.26 Å². The molecule has 0 heterocycles. The first-order valence-corrected chi connectivity index (χ1v) is 6.61. The highest BCUT2D eigenvalue weighted by Gasteiger charge is 2.31. The van der Waals surface area contributed by atoms with Crippen molar-refractivity contribution >= 4 is 5.97 Å². The van der Waals surface area contributed by atoms with E-state index < -0.39 is 17.9 Å². The molecule has 5 heteroatoms. The van der Waals surface area contributed by atoms with Crippen LogP contribution < -0.4 is 5.32 Å². The average molecular weight is 276 g/mol. The Morgan fingerprint density at radius 3 is 2.75 bits per heavy atom. The van der Waals surface area contributed by atoms with E-state index in [0.29, 0.717) is 6.54 Å². The highest BCUT2D eigenvalue weighted by Crippen LogP contribution is 2.25. The smallest absolute Gasteiger partial charge is 0.325 e. The normalized spacial score (nSPS) is 13.3. The lowest BCUT2D eigenvalue weighted by molar-refractivity contribution is -0.147. The van der Waals surface area contributed by atoms with Crippen molar-refractivity contribution in [3.05, 3.63) is 35.4 Å². The number of aliphatic hydroxyl groups is 1. The molecule has 20 heavy (non-hydrogen) atoms. The van der Waals surface area contributed by atoms with Gasteiger partial charge in [0, 0.05) is 6.54 Å². The summed E-state index contributed by atoms with van der Waals surface area (Å²) in [6.07, 6.45) is 0. The maximum Gasteiger partial charge on any atom is 0.325 e.